The van der Waals surface area contributed by atoms with E-state index in [4.69, 9.17) is 9.47 Å². The lowest BCUT2D eigenvalue weighted by Crippen LogP contribution is -2.30. The molecule has 192 valence electrons. The Morgan fingerprint density at radius 3 is 2.03 bits per heavy atom. The van der Waals surface area contributed by atoms with Crippen LogP contribution in [-0.4, -0.2) is 19.7 Å². The predicted molar refractivity (Wildman–Crippen MR) is 141 cm³/mol. The Labute approximate surface area is 209 Å². The number of hydrogen-bond acceptors (Lipinski definition) is 3. The van der Waals surface area contributed by atoms with Crippen LogP contribution in [0.3, 0.4) is 0 Å². The maximum Gasteiger partial charge on any atom is 0.314 e. The van der Waals surface area contributed by atoms with E-state index in [1.54, 1.807) is 7.11 Å². The quantitative estimate of drug-likeness (QED) is 0.175. The number of rotatable bonds is 12. The normalized spacial score (nSPS) is 25.3. The van der Waals surface area contributed by atoms with Gasteiger partial charge in [0, 0.05) is 13.7 Å². The summed E-state index contributed by atoms with van der Waals surface area (Å²) in [6.45, 7) is 7.49. The fourth-order valence-electron chi connectivity index (χ4n) is 6.69. The van der Waals surface area contributed by atoms with Crippen LogP contribution in [-0.2, 0) is 16.0 Å². The van der Waals surface area contributed by atoms with Gasteiger partial charge in [-0.2, -0.15) is 0 Å². The van der Waals surface area contributed by atoms with Gasteiger partial charge in [-0.15, -0.1) is 0 Å². The fourth-order valence-corrected chi connectivity index (χ4v) is 6.69. The van der Waals surface area contributed by atoms with E-state index < -0.39 is 0 Å². The maximum atomic E-state index is 12.9. The van der Waals surface area contributed by atoms with Gasteiger partial charge in [0.15, 0.2) is 0 Å². The zero-order valence-electron chi connectivity index (χ0n) is 22.5. The Bertz CT molecular complexity index is 716. The molecule has 34 heavy (non-hydrogen) atoms. The zero-order valence-corrected chi connectivity index (χ0v) is 22.5. The standard InChI is InChI=1S/C31H50O3/c1-5-10-25-12-14-26(15-13-25)27-16-18-28(19-17-27)31(32)34-29-21-23(2)30(24(3)22-29)11-8-6-7-9-20-33-4/h21-22,25-28H,5-20H2,1-4H3. The summed E-state index contributed by atoms with van der Waals surface area (Å²) in [5.74, 6) is 3.54. The van der Waals surface area contributed by atoms with Crippen molar-refractivity contribution in [2.24, 2.45) is 23.7 Å². The molecule has 0 atom stereocenters. The number of aryl methyl sites for hydroxylation is 2. The second-order valence-corrected chi connectivity index (χ2v) is 11.3. The van der Waals surface area contributed by atoms with E-state index >= 15 is 0 Å². The van der Waals surface area contributed by atoms with Crippen LogP contribution in [0.1, 0.15) is 114 Å². The van der Waals surface area contributed by atoms with Gasteiger partial charge in [0.25, 0.3) is 0 Å². The molecule has 2 fully saturated rings. The van der Waals surface area contributed by atoms with Crippen LogP contribution in [0.15, 0.2) is 12.1 Å². The number of benzene rings is 1. The molecule has 2 saturated carbocycles. The summed E-state index contributed by atoms with van der Waals surface area (Å²) in [5, 5.41) is 0. The highest BCUT2D eigenvalue weighted by molar-refractivity contribution is 5.75. The van der Waals surface area contributed by atoms with Crippen molar-refractivity contribution in [1.29, 1.82) is 0 Å². The van der Waals surface area contributed by atoms with E-state index in [1.165, 1.54) is 87.3 Å². The monoisotopic (exact) mass is 470 g/mol. The van der Waals surface area contributed by atoms with Gasteiger partial charge in [0.1, 0.15) is 5.75 Å². The lowest BCUT2D eigenvalue weighted by molar-refractivity contribution is -0.140. The first-order valence-corrected chi connectivity index (χ1v) is 14.3. The lowest BCUT2D eigenvalue weighted by atomic mass is 9.69. The van der Waals surface area contributed by atoms with Crippen molar-refractivity contribution in [2.45, 2.75) is 117 Å². The SMILES string of the molecule is CCCC1CCC(C2CCC(C(=O)Oc3cc(C)c(CCCCCCOC)c(C)c3)CC2)CC1. The molecule has 0 heterocycles. The third-order valence-corrected chi connectivity index (χ3v) is 8.77. The smallest absolute Gasteiger partial charge is 0.314 e. The van der Waals surface area contributed by atoms with Gasteiger partial charge in [0.2, 0.25) is 0 Å². The number of hydrogen-bond donors (Lipinski definition) is 0. The Balaban J connectivity index is 1.42. The number of carbonyl (C=O) groups is 1. The Kier molecular flexibility index (Phi) is 11.4. The average molecular weight is 471 g/mol. The van der Waals surface area contributed by atoms with Crippen LogP contribution in [0.5, 0.6) is 5.75 Å². The predicted octanol–water partition coefficient (Wildman–Crippen LogP) is 8.37. The molecule has 1 aromatic carbocycles. The maximum absolute atomic E-state index is 12.9. The molecule has 3 rings (SSSR count). The van der Waals surface area contributed by atoms with E-state index in [-0.39, 0.29) is 11.9 Å². The second kappa shape index (κ2) is 14.3. The zero-order chi connectivity index (χ0) is 24.3. The van der Waals surface area contributed by atoms with Crippen LogP contribution in [0.2, 0.25) is 0 Å². The van der Waals surface area contributed by atoms with Crippen LogP contribution < -0.4 is 4.74 Å². The van der Waals surface area contributed by atoms with E-state index in [9.17, 15) is 4.79 Å². The summed E-state index contributed by atoms with van der Waals surface area (Å²) < 4.78 is 11.0. The van der Waals surface area contributed by atoms with Crippen LogP contribution in [0.25, 0.3) is 0 Å². The molecular formula is C31H50O3. The summed E-state index contributed by atoms with van der Waals surface area (Å²) in [6, 6.07) is 4.15. The first-order chi connectivity index (χ1) is 16.5. The molecule has 2 aliphatic rings. The fraction of sp³-hybridized carbons (Fsp3) is 0.774. The van der Waals surface area contributed by atoms with Gasteiger partial charge in [-0.1, -0.05) is 45.4 Å². The first kappa shape index (κ1) is 27.2. The van der Waals surface area contributed by atoms with E-state index in [0.29, 0.717) is 0 Å². The molecule has 0 amide bonds. The van der Waals surface area contributed by atoms with Gasteiger partial charge in [-0.05, 0) is 118 Å². The molecule has 3 heteroatoms. The minimum atomic E-state index is -0.00482. The van der Waals surface area contributed by atoms with Gasteiger partial charge >= 0.3 is 5.97 Å². The topological polar surface area (TPSA) is 35.5 Å². The third-order valence-electron chi connectivity index (χ3n) is 8.77. The molecule has 1 aromatic rings. The highest BCUT2D eigenvalue weighted by Gasteiger charge is 2.33. The van der Waals surface area contributed by atoms with Gasteiger partial charge < -0.3 is 9.47 Å². The van der Waals surface area contributed by atoms with Gasteiger partial charge in [-0.3, -0.25) is 4.79 Å². The molecule has 0 saturated heterocycles. The van der Waals surface area contributed by atoms with Crippen molar-refractivity contribution in [3.63, 3.8) is 0 Å². The van der Waals surface area contributed by atoms with E-state index in [1.807, 2.05) is 0 Å². The molecule has 2 aliphatic carbocycles. The van der Waals surface area contributed by atoms with E-state index in [0.717, 1.165) is 55.8 Å². The second-order valence-electron chi connectivity index (χ2n) is 11.3. The van der Waals surface area contributed by atoms with Crippen molar-refractivity contribution in [3.8, 4) is 5.75 Å². The van der Waals surface area contributed by atoms with Gasteiger partial charge in [0.05, 0.1) is 5.92 Å². The summed E-state index contributed by atoms with van der Waals surface area (Å²) >= 11 is 0. The molecule has 0 radical (unpaired) electrons. The Morgan fingerprint density at radius 2 is 1.44 bits per heavy atom. The third kappa shape index (κ3) is 8.11. The Hall–Kier alpha value is -1.35. The van der Waals surface area contributed by atoms with Gasteiger partial charge in [-0.25, -0.2) is 0 Å². The highest BCUT2D eigenvalue weighted by Crippen LogP contribution is 2.42. The minimum Gasteiger partial charge on any atom is -0.426 e. The summed E-state index contributed by atoms with van der Waals surface area (Å²) in [6.07, 6.45) is 18.8. The number of unbranched alkanes of at least 4 members (excludes halogenated alkanes) is 3. The number of esters is 1. The minimum absolute atomic E-state index is 0.00482. The van der Waals surface area contributed by atoms with Crippen LogP contribution in [0, 0.1) is 37.5 Å². The van der Waals surface area contributed by atoms with Crippen LogP contribution in [0.4, 0.5) is 0 Å². The van der Waals surface area contributed by atoms with E-state index in [2.05, 4.69) is 32.9 Å². The molecule has 3 nitrogen and oxygen atoms in total. The largest absolute Gasteiger partial charge is 0.426 e. The van der Waals surface area contributed by atoms with Crippen molar-refractivity contribution in [3.05, 3.63) is 28.8 Å². The Morgan fingerprint density at radius 1 is 0.853 bits per heavy atom. The molecular weight excluding hydrogens is 420 g/mol. The number of ether oxygens (including phenoxy) is 2. The molecule has 0 spiro atoms. The summed E-state index contributed by atoms with van der Waals surface area (Å²) in [5.41, 5.74) is 3.92. The van der Waals surface area contributed by atoms with Crippen LogP contribution >= 0.6 is 0 Å². The summed E-state index contributed by atoms with van der Waals surface area (Å²) in [7, 11) is 1.77. The molecule has 0 N–H and O–H groups in total. The van der Waals surface area contributed by atoms with Crippen molar-refractivity contribution in [1.82, 2.24) is 0 Å². The molecule has 0 aliphatic heterocycles. The van der Waals surface area contributed by atoms with Crippen molar-refractivity contribution >= 4 is 5.97 Å². The average Bonchev–Trinajstić information content (AvgIpc) is 2.83. The first-order valence-electron chi connectivity index (χ1n) is 14.3. The molecule has 0 unspecified atom stereocenters. The molecule has 0 aromatic heterocycles. The highest BCUT2D eigenvalue weighted by atomic mass is 16.5. The van der Waals surface area contributed by atoms with Crippen molar-refractivity contribution in [2.75, 3.05) is 13.7 Å². The number of carbonyl (C=O) groups excluding carboxylic acids is 1. The molecule has 0 bridgehead atoms. The van der Waals surface area contributed by atoms with Crippen molar-refractivity contribution < 1.29 is 14.3 Å². The summed E-state index contributed by atoms with van der Waals surface area (Å²) in [4.78, 5) is 12.9. The lowest BCUT2D eigenvalue weighted by Gasteiger charge is -2.37. The number of methoxy groups -OCH3 is 1.